The van der Waals surface area contributed by atoms with E-state index in [1.54, 1.807) is 17.4 Å². The normalized spacial score (nSPS) is 20.4. The van der Waals surface area contributed by atoms with Crippen LogP contribution in [0, 0.1) is 12.7 Å². The standard InChI is InChI=1S/C20H14BrClFNOS/c1-10-2-5-18(26-10)20-24-15-4-3-12(21)6-11(15)7-16(24)19-14(23)8-13(22)9-17(19)25-20/h2-6,8-9,16,20H,7H2,1H3. The van der Waals surface area contributed by atoms with Gasteiger partial charge >= 0.3 is 0 Å². The topological polar surface area (TPSA) is 12.5 Å². The van der Waals surface area contributed by atoms with E-state index in [9.17, 15) is 4.39 Å². The van der Waals surface area contributed by atoms with E-state index < -0.39 is 0 Å². The maximum atomic E-state index is 14.8. The summed E-state index contributed by atoms with van der Waals surface area (Å²) in [5.41, 5.74) is 2.87. The zero-order chi connectivity index (χ0) is 18.0. The van der Waals surface area contributed by atoms with Crippen molar-refractivity contribution in [2.45, 2.75) is 25.6 Å². The van der Waals surface area contributed by atoms with Gasteiger partial charge in [0.2, 0.25) is 6.23 Å². The van der Waals surface area contributed by atoms with E-state index in [1.807, 2.05) is 6.07 Å². The van der Waals surface area contributed by atoms with Crippen LogP contribution in [-0.4, -0.2) is 0 Å². The Morgan fingerprint density at radius 3 is 2.85 bits per heavy atom. The Morgan fingerprint density at radius 2 is 2.08 bits per heavy atom. The predicted molar refractivity (Wildman–Crippen MR) is 107 cm³/mol. The molecule has 6 heteroatoms. The minimum Gasteiger partial charge on any atom is -0.465 e. The Balaban J connectivity index is 1.72. The lowest BCUT2D eigenvalue weighted by atomic mass is 9.99. The van der Waals surface area contributed by atoms with Crippen LogP contribution in [0.2, 0.25) is 5.02 Å². The number of halogens is 3. The smallest absolute Gasteiger partial charge is 0.208 e. The van der Waals surface area contributed by atoms with Gasteiger partial charge in [-0.05, 0) is 61.4 Å². The molecule has 0 fully saturated rings. The molecule has 2 aromatic carbocycles. The van der Waals surface area contributed by atoms with Gasteiger partial charge in [-0.2, -0.15) is 0 Å². The van der Waals surface area contributed by atoms with Gasteiger partial charge < -0.3 is 9.64 Å². The highest BCUT2D eigenvalue weighted by molar-refractivity contribution is 9.10. The first-order valence-electron chi connectivity index (χ1n) is 8.30. The number of fused-ring (bicyclic) bond motifs is 5. The van der Waals surface area contributed by atoms with Crippen LogP contribution < -0.4 is 9.64 Å². The largest absolute Gasteiger partial charge is 0.465 e. The Kier molecular flexibility index (Phi) is 3.82. The summed E-state index contributed by atoms with van der Waals surface area (Å²) >= 11 is 11.3. The Bertz CT molecular complexity index is 1040. The van der Waals surface area contributed by atoms with Gasteiger partial charge in [-0.15, -0.1) is 11.3 Å². The predicted octanol–water partition coefficient (Wildman–Crippen LogP) is 6.81. The van der Waals surface area contributed by atoms with Gasteiger partial charge in [0, 0.05) is 20.1 Å². The van der Waals surface area contributed by atoms with Crippen LogP contribution >= 0.6 is 38.9 Å². The molecule has 2 aliphatic heterocycles. The van der Waals surface area contributed by atoms with Crippen LogP contribution in [0.15, 0.2) is 46.9 Å². The maximum Gasteiger partial charge on any atom is 0.208 e. The van der Waals surface area contributed by atoms with Crippen molar-refractivity contribution in [3.8, 4) is 5.75 Å². The van der Waals surface area contributed by atoms with E-state index in [4.69, 9.17) is 16.3 Å². The van der Waals surface area contributed by atoms with E-state index in [0.717, 1.165) is 21.5 Å². The van der Waals surface area contributed by atoms with Crippen molar-refractivity contribution < 1.29 is 9.13 Å². The van der Waals surface area contributed by atoms with Gasteiger partial charge in [-0.25, -0.2) is 4.39 Å². The molecular weight excluding hydrogens is 437 g/mol. The third-order valence-corrected chi connectivity index (χ3v) is 6.70. The number of thiophene rings is 1. The average molecular weight is 451 g/mol. The fraction of sp³-hybridized carbons (Fsp3) is 0.200. The van der Waals surface area contributed by atoms with Gasteiger partial charge in [0.1, 0.15) is 11.6 Å². The molecule has 0 spiro atoms. The summed E-state index contributed by atoms with van der Waals surface area (Å²) in [6.45, 7) is 2.08. The van der Waals surface area contributed by atoms with Gasteiger partial charge in [0.25, 0.3) is 0 Å². The number of nitrogens with zero attached hydrogens (tertiary/aromatic N) is 1. The molecule has 0 N–H and O–H groups in total. The number of aryl methyl sites for hydroxylation is 1. The van der Waals surface area contributed by atoms with Gasteiger partial charge in [-0.1, -0.05) is 27.5 Å². The fourth-order valence-electron chi connectivity index (χ4n) is 3.92. The van der Waals surface area contributed by atoms with Crippen molar-refractivity contribution in [3.63, 3.8) is 0 Å². The molecule has 2 nitrogen and oxygen atoms in total. The molecule has 0 bridgehead atoms. The first-order chi connectivity index (χ1) is 12.5. The molecule has 2 atom stereocenters. The third-order valence-electron chi connectivity index (χ3n) is 4.95. The molecule has 3 heterocycles. The SMILES string of the molecule is Cc1ccc(C2Oc3cc(Cl)cc(F)c3C3Cc4cc(Br)ccc4N32)s1. The van der Waals surface area contributed by atoms with Crippen molar-refractivity contribution in [1.82, 2.24) is 0 Å². The monoisotopic (exact) mass is 449 g/mol. The van der Waals surface area contributed by atoms with E-state index in [2.05, 4.69) is 52.0 Å². The fourth-order valence-corrected chi connectivity index (χ4v) is 5.43. The number of anilines is 1. The summed E-state index contributed by atoms with van der Waals surface area (Å²) in [6, 6.07) is 13.4. The minimum atomic E-state index is -0.310. The molecule has 3 aromatic rings. The molecule has 0 aliphatic carbocycles. The average Bonchev–Trinajstić information content (AvgIpc) is 3.16. The molecule has 1 aromatic heterocycles. The molecule has 132 valence electrons. The Labute approximate surface area is 168 Å². The van der Waals surface area contributed by atoms with E-state index in [1.165, 1.54) is 16.5 Å². The molecule has 5 rings (SSSR count). The number of hydrogen-bond acceptors (Lipinski definition) is 3. The molecule has 0 saturated heterocycles. The number of hydrogen-bond donors (Lipinski definition) is 0. The highest BCUT2D eigenvalue weighted by atomic mass is 79.9. The van der Waals surface area contributed by atoms with Gasteiger partial charge in [0.05, 0.1) is 16.5 Å². The maximum absolute atomic E-state index is 14.8. The third kappa shape index (κ3) is 2.48. The van der Waals surface area contributed by atoms with E-state index >= 15 is 0 Å². The lowest BCUT2D eigenvalue weighted by Crippen LogP contribution is -2.37. The van der Waals surface area contributed by atoms with E-state index in [0.29, 0.717) is 16.3 Å². The molecular formula is C20H14BrClFNOS. The van der Waals surface area contributed by atoms with Crippen LogP contribution in [0.1, 0.15) is 33.2 Å². The highest BCUT2D eigenvalue weighted by Crippen LogP contribution is 2.53. The first kappa shape index (κ1) is 16.6. The summed E-state index contributed by atoms with van der Waals surface area (Å²) < 4.78 is 22.1. The minimum absolute atomic E-state index is 0.104. The van der Waals surface area contributed by atoms with Crippen molar-refractivity contribution in [2.75, 3.05) is 4.90 Å². The highest BCUT2D eigenvalue weighted by Gasteiger charge is 2.44. The molecule has 2 aliphatic rings. The second-order valence-corrected chi connectivity index (χ2v) is 9.29. The lowest BCUT2D eigenvalue weighted by Gasteiger charge is -2.40. The van der Waals surface area contributed by atoms with Crippen molar-refractivity contribution in [3.05, 3.63) is 78.7 Å². The van der Waals surface area contributed by atoms with E-state index in [-0.39, 0.29) is 18.1 Å². The first-order valence-corrected chi connectivity index (χ1v) is 10.3. The summed E-state index contributed by atoms with van der Waals surface area (Å²) in [7, 11) is 0. The number of rotatable bonds is 1. The number of ether oxygens (including phenoxy) is 1. The second kappa shape index (κ2) is 5.98. The van der Waals surface area contributed by atoms with Crippen LogP contribution in [0.4, 0.5) is 10.1 Å². The summed E-state index contributed by atoms with van der Waals surface area (Å²) in [6.07, 6.45) is 0.455. The summed E-state index contributed by atoms with van der Waals surface area (Å²) in [5.74, 6) is 0.231. The second-order valence-electron chi connectivity index (χ2n) is 6.62. The molecule has 0 radical (unpaired) electrons. The van der Waals surface area contributed by atoms with Crippen molar-refractivity contribution in [1.29, 1.82) is 0 Å². The quantitative estimate of drug-likeness (QED) is 0.404. The summed E-state index contributed by atoms with van der Waals surface area (Å²) in [4.78, 5) is 4.53. The van der Waals surface area contributed by atoms with Gasteiger partial charge in [-0.3, -0.25) is 0 Å². The van der Waals surface area contributed by atoms with Crippen LogP contribution in [0.3, 0.4) is 0 Å². The summed E-state index contributed by atoms with van der Waals surface area (Å²) in [5, 5.41) is 0.356. The van der Waals surface area contributed by atoms with Crippen LogP contribution in [-0.2, 0) is 6.42 Å². The van der Waals surface area contributed by atoms with Crippen LogP contribution in [0.25, 0.3) is 0 Å². The Morgan fingerprint density at radius 1 is 1.23 bits per heavy atom. The zero-order valence-corrected chi connectivity index (χ0v) is 17.0. The van der Waals surface area contributed by atoms with Crippen molar-refractivity contribution in [2.24, 2.45) is 0 Å². The molecule has 26 heavy (non-hydrogen) atoms. The molecule has 0 amide bonds. The Hall–Kier alpha value is -1.56. The van der Waals surface area contributed by atoms with Crippen LogP contribution in [0.5, 0.6) is 5.75 Å². The lowest BCUT2D eigenvalue weighted by molar-refractivity contribution is 0.168. The van der Waals surface area contributed by atoms with Crippen molar-refractivity contribution >= 4 is 44.6 Å². The molecule has 2 unspecified atom stereocenters. The van der Waals surface area contributed by atoms with Gasteiger partial charge in [0.15, 0.2) is 0 Å². The zero-order valence-electron chi connectivity index (χ0n) is 13.8. The molecule has 0 saturated carbocycles. The number of benzene rings is 2.